The summed E-state index contributed by atoms with van der Waals surface area (Å²) in [7, 11) is 0. The van der Waals surface area contributed by atoms with E-state index < -0.39 is 0 Å². The predicted octanol–water partition coefficient (Wildman–Crippen LogP) is 3.48. The average molecular weight is 228 g/mol. The third kappa shape index (κ3) is 1.64. The zero-order valence-corrected chi connectivity index (χ0v) is 10.6. The zero-order chi connectivity index (χ0) is 12.0. The number of rotatable bonds is 2. The van der Waals surface area contributed by atoms with Crippen molar-refractivity contribution >= 4 is 5.78 Å². The van der Waals surface area contributed by atoms with E-state index in [2.05, 4.69) is 38.1 Å². The van der Waals surface area contributed by atoms with Crippen LogP contribution in [-0.2, 0) is 11.2 Å². The van der Waals surface area contributed by atoms with E-state index in [9.17, 15) is 4.79 Å². The fourth-order valence-electron chi connectivity index (χ4n) is 3.83. The normalized spacial score (nSPS) is 34.2. The monoisotopic (exact) mass is 228 g/mol. The molecular weight excluding hydrogens is 208 g/mol. The van der Waals surface area contributed by atoms with Crippen LogP contribution >= 0.6 is 0 Å². The average Bonchev–Trinajstić information content (AvgIpc) is 2.32. The SMILES string of the molecule is CC1(C)C2CC(=O)C(Cc3ccccc3)C1C2. The minimum absolute atomic E-state index is 0.275. The molecule has 1 aromatic carbocycles. The van der Waals surface area contributed by atoms with Crippen molar-refractivity contribution in [3.63, 3.8) is 0 Å². The van der Waals surface area contributed by atoms with Crippen LogP contribution in [0.25, 0.3) is 0 Å². The van der Waals surface area contributed by atoms with E-state index in [-0.39, 0.29) is 5.92 Å². The Hall–Kier alpha value is -1.11. The van der Waals surface area contributed by atoms with Crippen LogP contribution in [-0.4, -0.2) is 5.78 Å². The summed E-state index contributed by atoms with van der Waals surface area (Å²) < 4.78 is 0. The number of Topliss-reactive ketones (excluding diaryl/α,β-unsaturated/α-hetero) is 1. The molecule has 3 fully saturated rings. The van der Waals surface area contributed by atoms with Gasteiger partial charge in [0.25, 0.3) is 0 Å². The van der Waals surface area contributed by atoms with E-state index in [1.54, 1.807) is 0 Å². The summed E-state index contributed by atoms with van der Waals surface area (Å²) >= 11 is 0. The Bertz CT molecular complexity index is 432. The molecular formula is C16H20O. The molecule has 3 aliphatic carbocycles. The van der Waals surface area contributed by atoms with Gasteiger partial charge in [-0.15, -0.1) is 0 Å². The molecule has 0 amide bonds. The largest absolute Gasteiger partial charge is 0.299 e. The third-order valence-corrected chi connectivity index (χ3v) is 5.19. The standard InChI is InChI=1S/C16H20O/c1-16(2)12-9-14(16)13(15(17)10-12)8-11-6-4-3-5-7-11/h3-7,12-14H,8-10H2,1-2H3. The second-order valence-electron chi connectivity index (χ2n) is 6.33. The minimum atomic E-state index is 0.275. The Morgan fingerprint density at radius 1 is 1.24 bits per heavy atom. The van der Waals surface area contributed by atoms with Crippen LogP contribution in [0.3, 0.4) is 0 Å². The fraction of sp³-hybridized carbons (Fsp3) is 0.562. The Kier molecular flexibility index (Phi) is 2.39. The van der Waals surface area contributed by atoms with Gasteiger partial charge in [-0.1, -0.05) is 44.2 Å². The molecule has 0 aromatic heterocycles. The van der Waals surface area contributed by atoms with E-state index in [1.807, 2.05) is 6.07 Å². The van der Waals surface area contributed by atoms with Crippen LogP contribution in [0.4, 0.5) is 0 Å². The van der Waals surface area contributed by atoms with Gasteiger partial charge in [-0.3, -0.25) is 4.79 Å². The molecule has 0 spiro atoms. The molecule has 0 radical (unpaired) electrons. The molecule has 4 rings (SSSR count). The number of carbonyl (C=O) groups excluding carboxylic acids is 1. The number of hydrogen-bond donors (Lipinski definition) is 0. The zero-order valence-electron chi connectivity index (χ0n) is 10.6. The highest BCUT2D eigenvalue weighted by atomic mass is 16.1. The number of benzene rings is 1. The van der Waals surface area contributed by atoms with E-state index in [4.69, 9.17) is 0 Å². The van der Waals surface area contributed by atoms with E-state index in [1.165, 1.54) is 12.0 Å². The number of ketones is 1. The molecule has 0 aliphatic heterocycles. The molecule has 2 bridgehead atoms. The second-order valence-corrected chi connectivity index (χ2v) is 6.33. The van der Waals surface area contributed by atoms with E-state index in [0.29, 0.717) is 23.0 Å². The summed E-state index contributed by atoms with van der Waals surface area (Å²) in [6.45, 7) is 4.69. The van der Waals surface area contributed by atoms with Crippen LogP contribution < -0.4 is 0 Å². The molecule has 1 nitrogen and oxygen atoms in total. The lowest BCUT2D eigenvalue weighted by Gasteiger charge is -2.59. The quantitative estimate of drug-likeness (QED) is 0.757. The van der Waals surface area contributed by atoms with Crippen LogP contribution in [0.1, 0.15) is 32.3 Å². The first-order valence-electron chi connectivity index (χ1n) is 6.65. The number of fused-ring (bicyclic) bond motifs is 2. The third-order valence-electron chi connectivity index (χ3n) is 5.19. The molecule has 3 saturated carbocycles. The maximum Gasteiger partial charge on any atom is 0.136 e. The molecule has 17 heavy (non-hydrogen) atoms. The maximum absolute atomic E-state index is 12.1. The lowest BCUT2D eigenvalue weighted by molar-refractivity contribution is -0.154. The summed E-state index contributed by atoms with van der Waals surface area (Å²) in [5, 5.41) is 0. The lowest BCUT2D eigenvalue weighted by Crippen LogP contribution is -2.56. The summed E-state index contributed by atoms with van der Waals surface area (Å²) in [5.74, 6) is 2.06. The van der Waals surface area contributed by atoms with Gasteiger partial charge >= 0.3 is 0 Å². The van der Waals surface area contributed by atoms with Crippen molar-refractivity contribution < 1.29 is 4.79 Å². The summed E-state index contributed by atoms with van der Waals surface area (Å²) in [6.07, 6.45) is 3.04. The maximum atomic E-state index is 12.1. The van der Waals surface area contributed by atoms with Gasteiger partial charge in [0.2, 0.25) is 0 Å². The highest BCUT2D eigenvalue weighted by molar-refractivity contribution is 5.84. The lowest BCUT2D eigenvalue weighted by atomic mass is 9.45. The Morgan fingerprint density at radius 3 is 2.59 bits per heavy atom. The molecule has 1 heteroatoms. The fourth-order valence-corrected chi connectivity index (χ4v) is 3.83. The van der Waals surface area contributed by atoms with Crippen molar-refractivity contribution in [2.75, 3.05) is 0 Å². The topological polar surface area (TPSA) is 17.1 Å². The highest BCUT2D eigenvalue weighted by Gasteiger charge is 2.57. The molecule has 90 valence electrons. The van der Waals surface area contributed by atoms with Crippen LogP contribution in [0, 0.1) is 23.2 Å². The molecule has 3 atom stereocenters. The van der Waals surface area contributed by atoms with Crippen LogP contribution in [0.15, 0.2) is 30.3 Å². The Labute approximate surface area is 103 Å². The van der Waals surface area contributed by atoms with Crippen molar-refractivity contribution in [1.82, 2.24) is 0 Å². The van der Waals surface area contributed by atoms with Crippen molar-refractivity contribution in [3.8, 4) is 0 Å². The van der Waals surface area contributed by atoms with Crippen molar-refractivity contribution in [2.45, 2.75) is 33.1 Å². The van der Waals surface area contributed by atoms with Gasteiger partial charge in [0.15, 0.2) is 0 Å². The smallest absolute Gasteiger partial charge is 0.136 e. The van der Waals surface area contributed by atoms with Gasteiger partial charge in [-0.25, -0.2) is 0 Å². The molecule has 3 aliphatic rings. The summed E-state index contributed by atoms with van der Waals surface area (Å²) in [5.41, 5.74) is 1.71. The van der Waals surface area contributed by atoms with E-state index in [0.717, 1.165) is 12.8 Å². The molecule has 3 unspecified atom stereocenters. The van der Waals surface area contributed by atoms with Crippen molar-refractivity contribution in [2.24, 2.45) is 23.2 Å². The van der Waals surface area contributed by atoms with Gasteiger partial charge in [-0.2, -0.15) is 0 Å². The van der Waals surface area contributed by atoms with E-state index >= 15 is 0 Å². The summed E-state index contributed by atoms with van der Waals surface area (Å²) in [4.78, 5) is 12.1. The molecule has 1 aromatic rings. The van der Waals surface area contributed by atoms with Gasteiger partial charge in [0.1, 0.15) is 5.78 Å². The second kappa shape index (κ2) is 3.69. The van der Waals surface area contributed by atoms with Gasteiger partial charge < -0.3 is 0 Å². The number of carbonyl (C=O) groups is 1. The molecule has 0 saturated heterocycles. The van der Waals surface area contributed by atoms with Gasteiger partial charge in [0, 0.05) is 12.3 Å². The minimum Gasteiger partial charge on any atom is -0.299 e. The Balaban J connectivity index is 1.80. The molecule has 0 heterocycles. The predicted molar refractivity (Wildman–Crippen MR) is 68.6 cm³/mol. The number of hydrogen-bond acceptors (Lipinski definition) is 1. The van der Waals surface area contributed by atoms with Crippen LogP contribution in [0.5, 0.6) is 0 Å². The first kappa shape index (κ1) is 11.0. The summed E-state index contributed by atoms with van der Waals surface area (Å²) in [6, 6.07) is 10.5. The molecule has 0 N–H and O–H groups in total. The van der Waals surface area contributed by atoms with Crippen molar-refractivity contribution in [3.05, 3.63) is 35.9 Å². The van der Waals surface area contributed by atoms with Crippen molar-refractivity contribution in [1.29, 1.82) is 0 Å². The van der Waals surface area contributed by atoms with Gasteiger partial charge in [-0.05, 0) is 35.7 Å². The first-order valence-corrected chi connectivity index (χ1v) is 6.65. The van der Waals surface area contributed by atoms with Crippen LogP contribution in [0.2, 0.25) is 0 Å². The first-order chi connectivity index (χ1) is 8.09. The van der Waals surface area contributed by atoms with Gasteiger partial charge in [0.05, 0.1) is 0 Å². The Morgan fingerprint density at radius 2 is 1.94 bits per heavy atom. The highest BCUT2D eigenvalue weighted by Crippen LogP contribution is 2.60.